The average Bonchev–Trinajstić information content (AvgIpc) is 3.67. The number of ether oxygens (including phenoxy) is 4. The topological polar surface area (TPSA) is 237 Å². The molecule has 0 radical (unpaired) electrons. The third kappa shape index (κ3) is 60.9. The maximum Gasteiger partial charge on any atom is 0.472 e. The zero-order chi connectivity index (χ0) is 63.9. The van der Waals surface area contributed by atoms with E-state index in [0.717, 1.165) is 114 Å². The molecule has 0 aliphatic carbocycles. The van der Waals surface area contributed by atoms with Crippen LogP contribution in [0.4, 0.5) is 0 Å². The quantitative estimate of drug-likeness (QED) is 0.0222. The van der Waals surface area contributed by atoms with Crippen molar-refractivity contribution in [1.29, 1.82) is 0 Å². The third-order valence-corrected chi connectivity index (χ3v) is 17.2. The largest absolute Gasteiger partial charge is 0.472 e. The Morgan fingerprint density at radius 3 is 0.721 bits per heavy atom. The number of hydrogen-bond donors (Lipinski definition) is 3. The van der Waals surface area contributed by atoms with E-state index in [-0.39, 0.29) is 25.7 Å². The van der Waals surface area contributed by atoms with Crippen molar-refractivity contribution in [3.8, 4) is 0 Å². The van der Waals surface area contributed by atoms with Crippen molar-refractivity contribution in [1.82, 2.24) is 0 Å². The van der Waals surface area contributed by atoms with Crippen LogP contribution in [-0.2, 0) is 65.4 Å². The molecule has 0 saturated carbocycles. The van der Waals surface area contributed by atoms with Crippen LogP contribution in [0, 0.1) is 23.7 Å². The molecule has 2 unspecified atom stereocenters. The lowest BCUT2D eigenvalue weighted by atomic mass is 10.0. The second-order valence-electron chi connectivity index (χ2n) is 26.1. The van der Waals surface area contributed by atoms with Crippen LogP contribution in [-0.4, -0.2) is 96.7 Å². The van der Waals surface area contributed by atoms with E-state index >= 15 is 0 Å². The van der Waals surface area contributed by atoms with Crippen LogP contribution in [0.3, 0.4) is 0 Å². The minimum absolute atomic E-state index is 0.103. The minimum Gasteiger partial charge on any atom is -0.462 e. The molecule has 0 aliphatic rings. The zero-order valence-corrected chi connectivity index (χ0v) is 57.7. The molecule has 5 atom stereocenters. The molecule has 0 fully saturated rings. The molecule has 0 spiro atoms. The molecule has 0 aliphatic heterocycles. The monoisotopic (exact) mass is 1270 g/mol. The minimum atomic E-state index is -4.95. The molecule has 19 heteroatoms. The highest BCUT2D eigenvalue weighted by atomic mass is 31.2. The molecule has 3 N–H and O–H groups in total. The Morgan fingerprint density at radius 2 is 0.488 bits per heavy atom. The second kappa shape index (κ2) is 57.0. The summed E-state index contributed by atoms with van der Waals surface area (Å²) in [5.41, 5.74) is 0. The predicted molar refractivity (Wildman–Crippen MR) is 344 cm³/mol. The number of esters is 4. The molecular weight excluding hydrogens is 1140 g/mol. The van der Waals surface area contributed by atoms with Gasteiger partial charge in [0.1, 0.15) is 19.3 Å². The lowest BCUT2D eigenvalue weighted by molar-refractivity contribution is -0.161. The van der Waals surface area contributed by atoms with Crippen LogP contribution < -0.4 is 0 Å². The Balaban J connectivity index is 5.25. The van der Waals surface area contributed by atoms with Gasteiger partial charge in [0.2, 0.25) is 0 Å². The Bertz CT molecular complexity index is 1710. The van der Waals surface area contributed by atoms with E-state index in [1.807, 2.05) is 0 Å². The summed E-state index contributed by atoms with van der Waals surface area (Å²) in [7, 11) is -9.90. The van der Waals surface area contributed by atoms with Crippen LogP contribution in [0.1, 0.15) is 325 Å². The zero-order valence-electron chi connectivity index (χ0n) is 55.9. The summed E-state index contributed by atoms with van der Waals surface area (Å²) < 4.78 is 68.1. The number of phosphoric acid groups is 2. The predicted octanol–water partition coefficient (Wildman–Crippen LogP) is 18.5. The van der Waals surface area contributed by atoms with Crippen LogP contribution in [0.5, 0.6) is 0 Å². The SMILES string of the molecule is CC(C)CCCCCCCCCCCCC(=O)OC[C@H](COP(=O)(O)OC[C@@H](O)COP(=O)(O)OC[C@@H](COC(=O)CCCCCCCCC(C)C)OC(=O)CCCCCCCCCCC(C)C)OC(=O)CCCCCCCCCCCCC(C)C. The van der Waals surface area contributed by atoms with E-state index in [1.165, 1.54) is 122 Å². The summed E-state index contributed by atoms with van der Waals surface area (Å²) in [6.45, 7) is 14.0. The first-order valence-electron chi connectivity index (χ1n) is 34.7. The highest BCUT2D eigenvalue weighted by Gasteiger charge is 2.30. The van der Waals surface area contributed by atoms with Gasteiger partial charge >= 0.3 is 39.5 Å². The van der Waals surface area contributed by atoms with Gasteiger partial charge in [0, 0.05) is 25.7 Å². The average molecular weight is 1270 g/mol. The summed E-state index contributed by atoms with van der Waals surface area (Å²) in [6, 6.07) is 0. The van der Waals surface area contributed by atoms with Crippen molar-refractivity contribution in [3.63, 3.8) is 0 Å². The van der Waals surface area contributed by atoms with Crippen molar-refractivity contribution < 1.29 is 80.2 Å². The number of aliphatic hydroxyl groups is 1. The smallest absolute Gasteiger partial charge is 0.462 e. The summed E-state index contributed by atoms with van der Waals surface area (Å²) >= 11 is 0. The first-order chi connectivity index (χ1) is 41.1. The van der Waals surface area contributed by atoms with Crippen LogP contribution in [0.15, 0.2) is 0 Å². The number of carbonyl (C=O) groups is 4. The fourth-order valence-corrected chi connectivity index (χ4v) is 11.5. The van der Waals surface area contributed by atoms with Crippen molar-refractivity contribution in [2.45, 2.75) is 343 Å². The molecule has 0 aromatic heterocycles. The molecular formula is C67H130O17P2. The summed E-state index contributed by atoms with van der Waals surface area (Å²) in [6.07, 6.45) is 37.7. The fraction of sp³-hybridized carbons (Fsp3) is 0.940. The molecule has 86 heavy (non-hydrogen) atoms. The van der Waals surface area contributed by atoms with Gasteiger partial charge in [-0.1, -0.05) is 274 Å². The number of unbranched alkanes of at least 4 members (excludes halogenated alkanes) is 30. The summed E-state index contributed by atoms with van der Waals surface area (Å²) in [5.74, 6) is 0.772. The Kier molecular flexibility index (Phi) is 55.7. The van der Waals surface area contributed by atoms with Gasteiger partial charge in [-0.2, -0.15) is 0 Å². The number of carbonyl (C=O) groups excluding carboxylic acids is 4. The maximum atomic E-state index is 13.0. The Morgan fingerprint density at radius 1 is 0.291 bits per heavy atom. The standard InChI is InChI=1S/C67H130O17P2/c1-57(2)43-35-27-19-13-9-11-15-22-31-39-47-64(69)77-53-62(83-66(71)49-41-33-23-16-12-10-14-20-28-36-44-58(3)4)55-81-85(73,74)79-51-61(68)52-80-86(75,76)82-56-63(54-78-65(70)48-40-32-26-25-30-38-46-60(7)8)84-67(72)50-42-34-24-18-17-21-29-37-45-59(5)6/h57-63,68H,9-56H2,1-8H3,(H,73,74)(H,75,76)/t61-,62-,63-/m1/s1. The summed E-state index contributed by atoms with van der Waals surface area (Å²) in [5, 5.41) is 10.6. The molecule has 0 aromatic rings. The number of aliphatic hydroxyl groups excluding tert-OH is 1. The van der Waals surface area contributed by atoms with Crippen molar-refractivity contribution in [3.05, 3.63) is 0 Å². The van der Waals surface area contributed by atoms with E-state index in [1.54, 1.807) is 0 Å². The number of rotatable bonds is 64. The van der Waals surface area contributed by atoms with Crippen LogP contribution in [0.25, 0.3) is 0 Å². The molecule has 17 nitrogen and oxygen atoms in total. The Hall–Kier alpha value is -1.94. The molecule has 0 aromatic carbocycles. The van der Waals surface area contributed by atoms with E-state index < -0.39 is 97.5 Å². The van der Waals surface area contributed by atoms with E-state index in [2.05, 4.69) is 55.4 Å². The first-order valence-corrected chi connectivity index (χ1v) is 37.7. The van der Waals surface area contributed by atoms with Gasteiger partial charge in [-0.05, 0) is 49.4 Å². The van der Waals surface area contributed by atoms with Gasteiger partial charge in [-0.15, -0.1) is 0 Å². The van der Waals surface area contributed by atoms with Crippen molar-refractivity contribution in [2.75, 3.05) is 39.6 Å². The molecule has 0 amide bonds. The normalized spacial score (nSPS) is 14.4. The summed E-state index contributed by atoms with van der Waals surface area (Å²) in [4.78, 5) is 72.3. The number of hydrogen-bond acceptors (Lipinski definition) is 15. The molecule has 510 valence electrons. The van der Waals surface area contributed by atoms with Crippen LogP contribution >= 0.6 is 15.6 Å². The van der Waals surface area contributed by atoms with E-state index in [9.17, 15) is 43.2 Å². The van der Waals surface area contributed by atoms with Gasteiger partial charge in [-0.25, -0.2) is 9.13 Å². The first kappa shape index (κ1) is 84.1. The fourth-order valence-electron chi connectivity index (χ4n) is 9.96. The lowest BCUT2D eigenvalue weighted by Crippen LogP contribution is -2.30. The third-order valence-electron chi connectivity index (χ3n) is 15.3. The van der Waals surface area contributed by atoms with Gasteiger partial charge in [-0.3, -0.25) is 37.3 Å². The lowest BCUT2D eigenvalue weighted by Gasteiger charge is -2.21. The van der Waals surface area contributed by atoms with Crippen molar-refractivity contribution >= 4 is 39.5 Å². The van der Waals surface area contributed by atoms with Gasteiger partial charge in [0.15, 0.2) is 12.2 Å². The Labute approximate surface area is 524 Å². The van der Waals surface area contributed by atoms with Crippen LogP contribution in [0.2, 0.25) is 0 Å². The van der Waals surface area contributed by atoms with Gasteiger partial charge in [0.05, 0.1) is 26.4 Å². The molecule has 0 bridgehead atoms. The molecule has 0 heterocycles. The van der Waals surface area contributed by atoms with E-state index in [4.69, 9.17) is 37.0 Å². The maximum absolute atomic E-state index is 13.0. The second-order valence-corrected chi connectivity index (χ2v) is 29.0. The highest BCUT2D eigenvalue weighted by Crippen LogP contribution is 2.45. The number of phosphoric ester groups is 2. The highest BCUT2D eigenvalue weighted by molar-refractivity contribution is 7.47. The van der Waals surface area contributed by atoms with Gasteiger partial charge < -0.3 is 33.8 Å². The van der Waals surface area contributed by atoms with Crippen molar-refractivity contribution in [2.24, 2.45) is 23.7 Å². The van der Waals surface area contributed by atoms with E-state index in [0.29, 0.717) is 31.6 Å². The molecule has 0 saturated heterocycles. The van der Waals surface area contributed by atoms with Gasteiger partial charge in [0.25, 0.3) is 0 Å². The molecule has 0 rings (SSSR count).